The van der Waals surface area contributed by atoms with Gasteiger partial charge in [-0.3, -0.25) is 0 Å². The van der Waals surface area contributed by atoms with Gasteiger partial charge in [0, 0.05) is 5.41 Å². The molecular formula is C8H12O3. The van der Waals surface area contributed by atoms with Crippen molar-refractivity contribution in [3.63, 3.8) is 0 Å². The molecule has 0 aliphatic carbocycles. The van der Waals surface area contributed by atoms with Crippen molar-refractivity contribution in [2.75, 3.05) is 7.11 Å². The number of ether oxygens (including phenoxy) is 1. The minimum absolute atomic E-state index is 0.0417. The van der Waals surface area contributed by atoms with Gasteiger partial charge in [-0.2, -0.15) is 0 Å². The molecule has 0 fully saturated rings. The van der Waals surface area contributed by atoms with E-state index in [1.54, 1.807) is 26.7 Å². The van der Waals surface area contributed by atoms with Crippen LogP contribution in [0.4, 0.5) is 0 Å². The number of carbonyl (C=O) groups excluding carboxylic acids is 2. The number of methoxy groups -OCH3 is 1. The maximum Gasteiger partial charge on any atom is 0.345 e. The van der Waals surface area contributed by atoms with Crippen LogP contribution in [0.15, 0.2) is 5.57 Å². The van der Waals surface area contributed by atoms with E-state index in [1.165, 1.54) is 7.11 Å². The second-order valence-electron chi connectivity index (χ2n) is 3.22. The van der Waals surface area contributed by atoms with Crippen molar-refractivity contribution in [3.05, 3.63) is 5.57 Å². The van der Waals surface area contributed by atoms with Crippen LogP contribution in [-0.2, 0) is 14.3 Å². The maximum atomic E-state index is 10.9. The lowest BCUT2D eigenvalue weighted by atomic mass is 9.87. The predicted octanol–water partition coefficient (Wildman–Crippen LogP) is 0.963. The quantitative estimate of drug-likeness (QED) is 0.322. The number of esters is 1. The molecule has 3 nitrogen and oxygen atoms in total. The zero-order valence-electron chi connectivity index (χ0n) is 7.22. The van der Waals surface area contributed by atoms with Crippen molar-refractivity contribution >= 4 is 11.9 Å². The Hall–Kier alpha value is -1.08. The van der Waals surface area contributed by atoms with Crippen molar-refractivity contribution in [1.29, 1.82) is 0 Å². The van der Waals surface area contributed by atoms with E-state index in [2.05, 4.69) is 4.74 Å². The lowest BCUT2D eigenvalue weighted by Crippen LogP contribution is -2.19. The third-order valence-electron chi connectivity index (χ3n) is 1.24. The van der Waals surface area contributed by atoms with Crippen LogP contribution in [0.2, 0.25) is 0 Å². The molecule has 0 rings (SSSR count). The SMILES string of the molecule is COC(=O)C(=C=O)C(C)(C)C. The molecule has 62 valence electrons. The van der Waals surface area contributed by atoms with E-state index >= 15 is 0 Å². The molecule has 0 aliphatic rings. The van der Waals surface area contributed by atoms with Crippen molar-refractivity contribution in [2.45, 2.75) is 20.8 Å². The Labute approximate surface area is 66.0 Å². The Bertz CT molecular complexity index is 204. The van der Waals surface area contributed by atoms with Gasteiger partial charge in [-0.25, -0.2) is 9.59 Å². The third-order valence-corrected chi connectivity index (χ3v) is 1.24. The summed E-state index contributed by atoms with van der Waals surface area (Å²) in [4.78, 5) is 21.2. The first kappa shape index (κ1) is 9.92. The Morgan fingerprint density at radius 3 is 1.91 bits per heavy atom. The highest BCUT2D eigenvalue weighted by Crippen LogP contribution is 2.23. The molecular weight excluding hydrogens is 144 g/mol. The zero-order chi connectivity index (χ0) is 9.07. The third kappa shape index (κ3) is 2.56. The Balaban J connectivity index is 4.73. The van der Waals surface area contributed by atoms with Gasteiger partial charge in [0.1, 0.15) is 11.5 Å². The molecule has 0 aromatic rings. The summed E-state index contributed by atoms with van der Waals surface area (Å²) in [7, 11) is 1.24. The van der Waals surface area contributed by atoms with E-state index in [0.29, 0.717) is 0 Å². The molecule has 0 saturated carbocycles. The standard InChI is InChI=1S/C8H12O3/c1-8(2,3)6(5-9)7(10)11-4/h1-4H3. The van der Waals surface area contributed by atoms with Crippen LogP contribution in [0.3, 0.4) is 0 Å². The second kappa shape index (κ2) is 3.35. The number of carbonyl (C=O) groups is 1. The fourth-order valence-corrected chi connectivity index (χ4v) is 0.603. The average Bonchev–Trinajstić information content (AvgIpc) is 1.86. The van der Waals surface area contributed by atoms with E-state index in [0.717, 1.165) is 0 Å². The molecule has 0 amide bonds. The average molecular weight is 156 g/mol. The summed E-state index contributed by atoms with van der Waals surface area (Å²) >= 11 is 0. The van der Waals surface area contributed by atoms with Crippen LogP contribution in [0.1, 0.15) is 20.8 Å². The molecule has 0 atom stereocenters. The molecule has 11 heavy (non-hydrogen) atoms. The van der Waals surface area contributed by atoms with E-state index in [-0.39, 0.29) is 5.57 Å². The summed E-state index contributed by atoms with van der Waals surface area (Å²) < 4.78 is 4.39. The van der Waals surface area contributed by atoms with Crippen molar-refractivity contribution in [3.8, 4) is 0 Å². The summed E-state index contributed by atoms with van der Waals surface area (Å²) in [6, 6.07) is 0. The van der Waals surface area contributed by atoms with Gasteiger partial charge < -0.3 is 4.74 Å². The number of hydrogen-bond acceptors (Lipinski definition) is 3. The number of rotatable bonds is 1. The topological polar surface area (TPSA) is 43.4 Å². The Morgan fingerprint density at radius 2 is 1.82 bits per heavy atom. The normalized spacial score (nSPS) is 10.2. The molecule has 0 spiro atoms. The fraction of sp³-hybridized carbons (Fsp3) is 0.625. The number of hydrogen-bond donors (Lipinski definition) is 0. The molecule has 0 N–H and O–H groups in total. The smallest absolute Gasteiger partial charge is 0.345 e. The first-order chi connectivity index (χ1) is 4.93. The van der Waals surface area contributed by atoms with Gasteiger partial charge in [0.05, 0.1) is 7.11 Å². The second-order valence-corrected chi connectivity index (χ2v) is 3.22. The summed E-state index contributed by atoms with van der Waals surface area (Å²) in [6.45, 7) is 5.26. The molecule has 0 saturated heterocycles. The minimum Gasteiger partial charge on any atom is -0.465 e. The summed E-state index contributed by atoms with van der Waals surface area (Å²) in [5.41, 5.74) is -0.450. The maximum absolute atomic E-state index is 10.9. The van der Waals surface area contributed by atoms with Gasteiger partial charge in [0.25, 0.3) is 0 Å². The van der Waals surface area contributed by atoms with Crippen molar-refractivity contribution < 1.29 is 14.3 Å². The highest BCUT2D eigenvalue weighted by Gasteiger charge is 2.25. The highest BCUT2D eigenvalue weighted by atomic mass is 16.5. The van der Waals surface area contributed by atoms with Crippen LogP contribution >= 0.6 is 0 Å². The zero-order valence-corrected chi connectivity index (χ0v) is 7.22. The van der Waals surface area contributed by atoms with Crippen LogP contribution in [0.25, 0.3) is 0 Å². The molecule has 0 radical (unpaired) electrons. The summed E-state index contributed by atoms with van der Waals surface area (Å²) in [6.07, 6.45) is 0. The lowest BCUT2D eigenvalue weighted by Gasteiger charge is -2.16. The first-order valence-electron chi connectivity index (χ1n) is 3.27. The molecule has 0 heterocycles. The van der Waals surface area contributed by atoms with E-state index < -0.39 is 11.4 Å². The highest BCUT2D eigenvalue weighted by molar-refractivity contribution is 5.97. The molecule has 0 bridgehead atoms. The molecule has 0 unspecified atom stereocenters. The van der Waals surface area contributed by atoms with Gasteiger partial charge in [-0.05, 0) is 0 Å². The van der Waals surface area contributed by atoms with E-state index in [1.807, 2.05) is 0 Å². The van der Waals surface area contributed by atoms with Crippen LogP contribution in [-0.4, -0.2) is 19.0 Å². The van der Waals surface area contributed by atoms with Gasteiger partial charge in [0.15, 0.2) is 0 Å². The van der Waals surface area contributed by atoms with Gasteiger partial charge in [-0.15, -0.1) is 0 Å². The Kier molecular flexibility index (Phi) is 3.02. The van der Waals surface area contributed by atoms with Crippen LogP contribution in [0, 0.1) is 5.41 Å². The minimum atomic E-state index is -0.604. The molecule has 0 aromatic carbocycles. The molecule has 0 aliphatic heterocycles. The summed E-state index contributed by atoms with van der Waals surface area (Å²) in [5.74, 6) is 0.981. The molecule has 0 aromatic heterocycles. The summed E-state index contributed by atoms with van der Waals surface area (Å²) in [5, 5.41) is 0. The first-order valence-corrected chi connectivity index (χ1v) is 3.27. The van der Waals surface area contributed by atoms with E-state index in [4.69, 9.17) is 0 Å². The molecule has 3 heteroatoms. The van der Waals surface area contributed by atoms with Crippen molar-refractivity contribution in [2.24, 2.45) is 5.41 Å². The largest absolute Gasteiger partial charge is 0.465 e. The van der Waals surface area contributed by atoms with Crippen LogP contribution in [0.5, 0.6) is 0 Å². The Morgan fingerprint density at radius 1 is 1.36 bits per heavy atom. The van der Waals surface area contributed by atoms with E-state index in [9.17, 15) is 9.59 Å². The predicted molar refractivity (Wildman–Crippen MR) is 40.7 cm³/mol. The van der Waals surface area contributed by atoms with Gasteiger partial charge >= 0.3 is 5.97 Å². The van der Waals surface area contributed by atoms with Crippen LogP contribution < -0.4 is 0 Å². The van der Waals surface area contributed by atoms with Gasteiger partial charge in [0.2, 0.25) is 0 Å². The van der Waals surface area contributed by atoms with Gasteiger partial charge in [-0.1, -0.05) is 20.8 Å². The lowest BCUT2D eigenvalue weighted by molar-refractivity contribution is -0.137. The monoisotopic (exact) mass is 156 g/mol. The van der Waals surface area contributed by atoms with Crippen molar-refractivity contribution in [1.82, 2.24) is 0 Å². The fourth-order valence-electron chi connectivity index (χ4n) is 0.603.